The molecule has 1 aliphatic carbocycles. The van der Waals surface area contributed by atoms with E-state index in [9.17, 15) is 18.0 Å². The van der Waals surface area contributed by atoms with Gasteiger partial charge < -0.3 is 20.5 Å². The number of rotatable bonds is 6. The number of aliphatic hydroxyl groups excluding tert-OH is 1. The third-order valence-electron chi connectivity index (χ3n) is 6.76. The van der Waals surface area contributed by atoms with Crippen molar-refractivity contribution in [1.29, 1.82) is 0 Å². The van der Waals surface area contributed by atoms with Gasteiger partial charge in [-0.25, -0.2) is 10.4 Å². The van der Waals surface area contributed by atoms with Crippen molar-refractivity contribution in [3.63, 3.8) is 0 Å². The van der Waals surface area contributed by atoms with Crippen molar-refractivity contribution in [2.45, 2.75) is 63.4 Å². The highest BCUT2D eigenvalue weighted by Crippen LogP contribution is 2.42. The third-order valence-corrected chi connectivity index (χ3v) is 6.76. The molecule has 0 spiro atoms. The fourth-order valence-corrected chi connectivity index (χ4v) is 5.26. The Bertz CT molecular complexity index is 777. The van der Waals surface area contributed by atoms with Gasteiger partial charge in [-0.2, -0.15) is 13.2 Å². The molecule has 0 radical (unpaired) electrons. The summed E-state index contributed by atoms with van der Waals surface area (Å²) in [6, 6.07) is -0.955. The Labute approximate surface area is 191 Å². The summed E-state index contributed by atoms with van der Waals surface area (Å²) in [6.07, 6.45) is 0.368. The van der Waals surface area contributed by atoms with Crippen LogP contribution in [0.1, 0.15) is 32.6 Å². The Morgan fingerprint density at radius 3 is 2.91 bits per heavy atom. The number of hydrogen-bond donors (Lipinski definition) is 6. The molecule has 33 heavy (non-hydrogen) atoms. The molecule has 0 aromatic carbocycles. The molecule has 4 aliphatic rings. The maximum atomic E-state index is 13.7. The van der Waals surface area contributed by atoms with E-state index in [1.54, 1.807) is 11.1 Å². The lowest BCUT2D eigenvalue weighted by atomic mass is 9.78. The smallest absolute Gasteiger partial charge is 0.394 e. The Kier molecular flexibility index (Phi) is 7.61. The van der Waals surface area contributed by atoms with Gasteiger partial charge >= 0.3 is 6.18 Å². The molecule has 0 saturated carbocycles. The minimum Gasteiger partial charge on any atom is -0.394 e. The molecule has 0 aromatic rings. The molecule has 6 N–H and O–H groups in total. The molecule has 2 fully saturated rings. The lowest BCUT2D eigenvalue weighted by Gasteiger charge is -2.45. The summed E-state index contributed by atoms with van der Waals surface area (Å²) in [5.74, 6) is -0.314. The minimum atomic E-state index is -4.34. The van der Waals surface area contributed by atoms with E-state index in [0.717, 1.165) is 6.42 Å². The first-order chi connectivity index (χ1) is 15.8. The minimum absolute atomic E-state index is 0.0814. The van der Waals surface area contributed by atoms with Crippen molar-refractivity contribution in [3.8, 4) is 0 Å². The Hall–Kier alpha value is -1.70. The molecule has 186 valence electrons. The van der Waals surface area contributed by atoms with Crippen LogP contribution in [0.25, 0.3) is 0 Å². The van der Waals surface area contributed by atoms with E-state index in [4.69, 9.17) is 9.84 Å². The number of nitrogens with one attached hydrogen (secondary N) is 5. The van der Waals surface area contributed by atoms with Gasteiger partial charge in [0.15, 0.2) is 6.35 Å². The van der Waals surface area contributed by atoms with Gasteiger partial charge in [0.2, 0.25) is 5.91 Å². The van der Waals surface area contributed by atoms with Gasteiger partial charge in [0.1, 0.15) is 11.9 Å². The van der Waals surface area contributed by atoms with Crippen LogP contribution in [0.3, 0.4) is 0 Å². The van der Waals surface area contributed by atoms with Crippen molar-refractivity contribution < 1.29 is 27.8 Å². The number of amides is 1. The van der Waals surface area contributed by atoms with Gasteiger partial charge in [-0.1, -0.05) is 13.0 Å². The number of allylic oxidation sites excluding steroid dienone is 1. The number of hydrogen-bond acceptors (Lipinski definition) is 8. The van der Waals surface area contributed by atoms with Crippen LogP contribution in [0.5, 0.6) is 0 Å². The number of aliphatic hydroxyl groups is 1. The van der Waals surface area contributed by atoms with Gasteiger partial charge in [-0.15, -0.1) is 0 Å². The molecule has 6 atom stereocenters. The van der Waals surface area contributed by atoms with Gasteiger partial charge in [0.25, 0.3) is 0 Å². The predicted octanol–water partition coefficient (Wildman–Crippen LogP) is 0.231. The van der Waals surface area contributed by atoms with Crippen LogP contribution in [0.15, 0.2) is 23.5 Å². The average Bonchev–Trinajstić information content (AvgIpc) is 3.22. The molecule has 0 bridgehead atoms. The van der Waals surface area contributed by atoms with Crippen molar-refractivity contribution in [3.05, 3.63) is 23.5 Å². The zero-order chi connectivity index (χ0) is 23.6. The number of hydrazine groups is 1. The van der Waals surface area contributed by atoms with Crippen molar-refractivity contribution >= 4 is 5.91 Å². The summed E-state index contributed by atoms with van der Waals surface area (Å²) in [6.45, 7) is 2.90. The van der Waals surface area contributed by atoms with Crippen LogP contribution in [-0.2, 0) is 9.53 Å². The number of alkyl halides is 3. The maximum absolute atomic E-state index is 13.7. The van der Waals surface area contributed by atoms with Gasteiger partial charge in [0, 0.05) is 30.6 Å². The molecule has 2 saturated heterocycles. The average molecular weight is 475 g/mol. The van der Waals surface area contributed by atoms with E-state index < -0.39 is 30.1 Å². The number of halogens is 3. The van der Waals surface area contributed by atoms with E-state index in [0.29, 0.717) is 38.2 Å². The topological polar surface area (TPSA) is 110 Å². The first-order valence-electron chi connectivity index (χ1n) is 11.6. The Morgan fingerprint density at radius 1 is 1.33 bits per heavy atom. The lowest BCUT2D eigenvalue weighted by molar-refractivity contribution is -0.129. The van der Waals surface area contributed by atoms with Crippen LogP contribution in [0.4, 0.5) is 13.2 Å². The molecule has 3 heterocycles. The summed E-state index contributed by atoms with van der Waals surface area (Å²) in [5, 5.41) is 22.9. The first kappa shape index (κ1) is 24.4. The second-order valence-electron chi connectivity index (χ2n) is 9.05. The zero-order valence-electron chi connectivity index (χ0n) is 18.6. The normalized spacial score (nSPS) is 35.3. The number of carbonyl (C=O) groups is 1. The molecule has 6 unspecified atom stereocenters. The SMILES string of the molecule is CC1CC(C2CCCC=C2C(F)(F)F)NN2C(C(=O)NC3=CCNC(OCCO)N3)CNC12. The lowest BCUT2D eigenvalue weighted by Crippen LogP contribution is -2.64. The van der Waals surface area contributed by atoms with Gasteiger partial charge in [0.05, 0.1) is 19.4 Å². The van der Waals surface area contributed by atoms with Gasteiger partial charge in [-0.05, 0) is 37.7 Å². The van der Waals surface area contributed by atoms with E-state index in [2.05, 4.69) is 26.7 Å². The number of ether oxygens (including phenoxy) is 1. The monoisotopic (exact) mass is 474 g/mol. The molecule has 12 heteroatoms. The van der Waals surface area contributed by atoms with Crippen molar-refractivity contribution in [1.82, 2.24) is 31.7 Å². The largest absolute Gasteiger partial charge is 0.412 e. The van der Waals surface area contributed by atoms with Crippen LogP contribution in [0.2, 0.25) is 0 Å². The maximum Gasteiger partial charge on any atom is 0.412 e. The van der Waals surface area contributed by atoms with Crippen LogP contribution < -0.4 is 26.7 Å². The summed E-state index contributed by atoms with van der Waals surface area (Å²) >= 11 is 0. The molecule has 0 aromatic heterocycles. The highest BCUT2D eigenvalue weighted by atomic mass is 19.4. The number of nitrogens with zero attached hydrogens (tertiary/aromatic N) is 1. The Balaban J connectivity index is 1.42. The van der Waals surface area contributed by atoms with Crippen LogP contribution in [0, 0.1) is 11.8 Å². The highest BCUT2D eigenvalue weighted by Gasteiger charge is 2.49. The number of fused-ring (bicyclic) bond motifs is 1. The molecule has 9 nitrogen and oxygen atoms in total. The van der Waals surface area contributed by atoms with Crippen LogP contribution in [-0.4, -0.2) is 73.1 Å². The molecule has 3 aliphatic heterocycles. The van der Waals surface area contributed by atoms with E-state index >= 15 is 0 Å². The molecular formula is C21H33F3N6O3. The van der Waals surface area contributed by atoms with Crippen molar-refractivity contribution in [2.75, 3.05) is 26.3 Å². The fourth-order valence-electron chi connectivity index (χ4n) is 5.26. The van der Waals surface area contributed by atoms with E-state index in [1.165, 1.54) is 6.08 Å². The first-order valence-corrected chi connectivity index (χ1v) is 11.6. The standard InChI is InChI=1S/C21H33F3N6O3/c1-12-10-15(13-4-2-3-5-14(13)21(22,23)24)29-30-16(11-26-18(12)30)19(32)27-17-6-7-25-20(28-17)33-9-8-31/h5-6,12-13,15-16,18,20,25-26,28-29,31H,2-4,7-11H2,1H3,(H,27,32). The third kappa shape index (κ3) is 5.52. The van der Waals surface area contributed by atoms with Crippen LogP contribution >= 0.6 is 0 Å². The quantitative estimate of drug-likeness (QED) is 0.304. The molecular weight excluding hydrogens is 441 g/mol. The van der Waals surface area contributed by atoms with E-state index in [-0.39, 0.29) is 37.2 Å². The summed E-state index contributed by atoms with van der Waals surface area (Å²) < 4.78 is 46.4. The summed E-state index contributed by atoms with van der Waals surface area (Å²) in [4.78, 5) is 13.1. The van der Waals surface area contributed by atoms with E-state index in [1.807, 2.05) is 6.92 Å². The summed E-state index contributed by atoms with van der Waals surface area (Å²) in [7, 11) is 0. The predicted molar refractivity (Wildman–Crippen MR) is 114 cm³/mol. The fraction of sp³-hybridized carbons (Fsp3) is 0.762. The van der Waals surface area contributed by atoms with Gasteiger partial charge in [-0.3, -0.25) is 15.4 Å². The molecule has 4 rings (SSSR count). The molecule has 1 amide bonds. The van der Waals surface area contributed by atoms with Crippen molar-refractivity contribution in [2.24, 2.45) is 11.8 Å². The Morgan fingerprint density at radius 2 is 2.15 bits per heavy atom. The number of carbonyl (C=O) groups excluding carboxylic acids is 1. The zero-order valence-corrected chi connectivity index (χ0v) is 18.6. The second kappa shape index (κ2) is 10.3. The highest BCUT2D eigenvalue weighted by molar-refractivity contribution is 5.84. The second-order valence-corrected chi connectivity index (χ2v) is 9.05. The summed E-state index contributed by atoms with van der Waals surface area (Å²) in [5.41, 5.74) is 2.85.